The lowest BCUT2D eigenvalue weighted by atomic mass is 10.1. The number of carbonyl (C=O) groups is 1. The van der Waals surface area contributed by atoms with Gasteiger partial charge in [0, 0.05) is 12.6 Å². The molecule has 0 fully saturated rings. The summed E-state index contributed by atoms with van der Waals surface area (Å²) in [6.45, 7) is 3.69. The van der Waals surface area contributed by atoms with E-state index in [1.165, 1.54) is 6.07 Å². The fraction of sp³-hybridized carbons (Fsp3) is 0.273. The van der Waals surface area contributed by atoms with Crippen LogP contribution < -0.4 is 15.7 Å². The van der Waals surface area contributed by atoms with Gasteiger partial charge in [0.25, 0.3) is 5.91 Å². The van der Waals surface area contributed by atoms with E-state index in [-0.39, 0.29) is 19.1 Å². The third-order valence-corrected chi connectivity index (χ3v) is 4.45. The minimum absolute atomic E-state index is 0.0931. The highest BCUT2D eigenvalue weighted by molar-refractivity contribution is 5.88. The van der Waals surface area contributed by atoms with Crippen LogP contribution in [0.4, 0.5) is 0 Å². The van der Waals surface area contributed by atoms with Gasteiger partial charge in [-0.15, -0.1) is 0 Å². The Morgan fingerprint density at radius 3 is 2.68 bits per heavy atom. The average Bonchev–Trinajstić information content (AvgIpc) is 2.69. The number of fused-ring (bicyclic) bond motifs is 1. The number of aliphatic hydroxyl groups excluding tert-OH is 1. The lowest BCUT2D eigenvalue weighted by molar-refractivity contribution is -0.123. The second-order valence-corrected chi connectivity index (χ2v) is 6.60. The van der Waals surface area contributed by atoms with Gasteiger partial charge in [0.1, 0.15) is 11.3 Å². The smallest absolute Gasteiger partial charge is 0.336 e. The number of amides is 1. The van der Waals surface area contributed by atoms with Gasteiger partial charge in [0.05, 0.1) is 11.5 Å². The molecule has 0 spiro atoms. The van der Waals surface area contributed by atoms with Crippen LogP contribution in [0.2, 0.25) is 0 Å². The van der Waals surface area contributed by atoms with Crippen molar-refractivity contribution < 1.29 is 19.1 Å². The van der Waals surface area contributed by atoms with Gasteiger partial charge < -0.3 is 19.6 Å². The standard InChI is InChI=1S/C22H23NO5/c1-3-15-11-21(26)28-19-10-14(2)9-18(22(15)19)27-13-20(25)23-12-17(24)16-7-5-4-6-8-16/h4-11,17,24H,3,12-13H2,1-2H3,(H,23,25)/t17-/m1/s1. The molecule has 0 aliphatic carbocycles. The molecule has 1 amide bonds. The van der Waals surface area contributed by atoms with E-state index in [1.807, 2.05) is 38.1 Å². The van der Waals surface area contributed by atoms with Crippen LogP contribution in [0.5, 0.6) is 5.75 Å². The zero-order valence-corrected chi connectivity index (χ0v) is 15.9. The highest BCUT2D eigenvalue weighted by Crippen LogP contribution is 2.30. The number of hydrogen-bond donors (Lipinski definition) is 2. The number of rotatable bonds is 7. The van der Waals surface area contributed by atoms with Gasteiger partial charge in [0.15, 0.2) is 6.61 Å². The quantitative estimate of drug-likeness (QED) is 0.615. The molecule has 28 heavy (non-hydrogen) atoms. The molecule has 0 radical (unpaired) electrons. The van der Waals surface area contributed by atoms with Gasteiger partial charge >= 0.3 is 5.63 Å². The Balaban J connectivity index is 1.69. The maximum absolute atomic E-state index is 12.2. The third-order valence-electron chi connectivity index (χ3n) is 4.45. The predicted molar refractivity (Wildman–Crippen MR) is 107 cm³/mol. The number of nitrogens with one attached hydrogen (secondary N) is 1. The summed E-state index contributed by atoms with van der Waals surface area (Å²) >= 11 is 0. The van der Waals surface area contributed by atoms with Gasteiger partial charge in [-0.05, 0) is 42.2 Å². The van der Waals surface area contributed by atoms with E-state index in [4.69, 9.17) is 9.15 Å². The summed E-state index contributed by atoms with van der Waals surface area (Å²) < 4.78 is 11.0. The normalized spacial score (nSPS) is 12.0. The maximum atomic E-state index is 12.2. The Morgan fingerprint density at radius 1 is 1.21 bits per heavy atom. The molecule has 3 rings (SSSR count). The summed E-state index contributed by atoms with van der Waals surface area (Å²) in [5.41, 5.74) is 2.43. The second-order valence-electron chi connectivity index (χ2n) is 6.60. The van der Waals surface area contributed by atoms with E-state index in [0.29, 0.717) is 23.1 Å². The first-order chi connectivity index (χ1) is 13.5. The first kappa shape index (κ1) is 19.6. The summed E-state index contributed by atoms with van der Waals surface area (Å²) in [6, 6.07) is 14.2. The summed E-state index contributed by atoms with van der Waals surface area (Å²) in [6.07, 6.45) is -0.150. The van der Waals surface area contributed by atoms with Crippen molar-refractivity contribution in [3.05, 3.63) is 75.6 Å². The molecule has 6 nitrogen and oxygen atoms in total. The molecule has 0 unspecified atom stereocenters. The molecule has 6 heteroatoms. The summed E-state index contributed by atoms with van der Waals surface area (Å²) in [4.78, 5) is 23.9. The van der Waals surface area contributed by atoms with Crippen LogP contribution in [-0.2, 0) is 11.2 Å². The van der Waals surface area contributed by atoms with Crippen LogP contribution in [0.15, 0.2) is 57.7 Å². The van der Waals surface area contributed by atoms with Crippen molar-refractivity contribution in [3.8, 4) is 5.75 Å². The summed E-state index contributed by atoms with van der Waals surface area (Å²) in [5.74, 6) is 0.148. The number of ether oxygens (including phenoxy) is 1. The van der Waals surface area contributed by atoms with Crippen molar-refractivity contribution in [2.75, 3.05) is 13.2 Å². The van der Waals surface area contributed by atoms with Gasteiger partial charge in [-0.25, -0.2) is 4.79 Å². The Morgan fingerprint density at radius 2 is 1.96 bits per heavy atom. The van der Waals surface area contributed by atoms with Crippen LogP contribution in [0, 0.1) is 6.92 Å². The minimum Gasteiger partial charge on any atom is -0.483 e. The molecule has 2 aromatic carbocycles. The van der Waals surface area contributed by atoms with Crippen LogP contribution in [-0.4, -0.2) is 24.2 Å². The number of carbonyl (C=O) groups excluding carboxylic acids is 1. The maximum Gasteiger partial charge on any atom is 0.336 e. The van der Waals surface area contributed by atoms with Gasteiger partial charge in [0.2, 0.25) is 0 Å². The molecule has 0 saturated carbocycles. The van der Waals surface area contributed by atoms with Gasteiger partial charge in [-0.1, -0.05) is 37.3 Å². The topological polar surface area (TPSA) is 88.8 Å². The molecular formula is C22H23NO5. The summed E-state index contributed by atoms with van der Waals surface area (Å²) in [7, 11) is 0. The van der Waals surface area contributed by atoms with Gasteiger partial charge in [-0.3, -0.25) is 4.79 Å². The fourth-order valence-corrected chi connectivity index (χ4v) is 3.06. The predicted octanol–water partition coefficient (Wildman–Crippen LogP) is 2.89. The Kier molecular flexibility index (Phi) is 6.11. The van der Waals surface area contributed by atoms with Crippen molar-refractivity contribution in [3.63, 3.8) is 0 Å². The van der Waals surface area contributed by atoms with Crippen molar-refractivity contribution in [2.45, 2.75) is 26.4 Å². The molecule has 1 heterocycles. The molecular weight excluding hydrogens is 358 g/mol. The number of aliphatic hydroxyl groups is 1. The van der Waals surface area contributed by atoms with Crippen molar-refractivity contribution in [2.24, 2.45) is 0 Å². The Labute approximate surface area is 162 Å². The largest absolute Gasteiger partial charge is 0.483 e. The van der Waals surface area contributed by atoms with Crippen molar-refractivity contribution in [1.29, 1.82) is 0 Å². The van der Waals surface area contributed by atoms with Crippen LogP contribution in [0.25, 0.3) is 11.0 Å². The van der Waals surface area contributed by atoms with E-state index in [9.17, 15) is 14.7 Å². The van der Waals surface area contributed by atoms with Crippen molar-refractivity contribution in [1.82, 2.24) is 5.32 Å². The van der Waals surface area contributed by atoms with E-state index < -0.39 is 11.7 Å². The number of aryl methyl sites for hydroxylation is 2. The highest BCUT2D eigenvalue weighted by Gasteiger charge is 2.14. The van der Waals surface area contributed by atoms with E-state index in [2.05, 4.69) is 5.32 Å². The lowest BCUT2D eigenvalue weighted by Gasteiger charge is -2.14. The van der Waals surface area contributed by atoms with E-state index >= 15 is 0 Å². The molecule has 0 aliphatic heterocycles. The Bertz CT molecular complexity index is 1030. The zero-order chi connectivity index (χ0) is 20.1. The SMILES string of the molecule is CCc1cc(=O)oc2cc(C)cc(OCC(=O)NC[C@@H](O)c3ccccc3)c12. The molecule has 0 bridgehead atoms. The molecule has 1 aromatic heterocycles. The zero-order valence-electron chi connectivity index (χ0n) is 15.9. The first-order valence-corrected chi connectivity index (χ1v) is 9.17. The molecule has 0 aliphatic rings. The third kappa shape index (κ3) is 4.58. The molecule has 146 valence electrons. The fourth-order valence-electron chi connectivity index (χ4n) is 3.06. The summed E-state index contributed by atoms with van der Waals surface area (Å²) in [5, 5.41) is 13.5. The monoisotopic (exact) mass is 381 g/mol. The first-order valence-electron chi connectivity index (χ1n) is 9.17. The second kappa shape index (κ2) is 8.71. The van der Waals surface area contributed by atoms with E-state index in [1.54, 1.807) is 18.2 Å². The van der Waals surface area contributed by atoms with Crippen LogP contribution in [0.3, 0.4) is 0 Å². The molecule has 1 atom stereocenters. The average molecular weight is 381 g/mol. The number of benzene rings is 2. The van der Waals surface area contributed by atoms with Crippen LogP contribution in [0.1, 0.15) is 29.7 Å². The Hall–Kier alpha value is -3.12. The van der Waals surface area contributed by atoms with Crippen LogP contribution >= 0.6 is 0 Å². The minimum atomic E-state index is -0.786. The highest BCUT2D eigenvalue weighted by atomic mass is 16.5. The molecule has 0 saturated heterocycles. The lowest BCUT2D eigenvalue weighted by Crippen LogP contribution is -2.32. The van der Waals surface area contributed by atoms with Crippen molar-refractivity contribution >= 4 is 16.9 Å². The molecule has 3 aromatic rings. The van der Waals surface area contributed by atoms with E-state index in [0.717, 1.165) is 16.7 Å². The van der Waals surface area contributed by atoms with Gasteiger partial charge in [-0.2, -0.15) is 0 Å². The molecule has 2 N–H and O–H groups in total. The number of hydrogen-bond acceptors (Lipinski definition) is 5.